The van der Waals surface area contributed by atoms with Crippen molar-refractivity contribution < 1.29 is 9.84 Å². The van der Waals surface area contributed by atoms with E-state index in [9.17, 15) is 5.11 Å². The van der Waals surface area contributed by atoms with Crippen LogP contribution in [0.4, 0.5) is 5.69 Å². The zero-order valence-corrected chi connectivity index (χ0v) is 11.5. The van der Waals surface area contributed by atoms with Crippen LogP contribution in [0.3, 0.4) is 0 Å². The number of nitrogens with two attached hydrogens (primary N) is 1. The van der Waals surface area contributed by atoms with Gasteiger partial charge in [0.15, 0.2) is 5.16 Å². The van der Waals surface area contributed by atoms with Crippen molar-refractivity contribution in [2.24, 2.45) is 7.05 Å². The summed E-state index contributed by atoms with van der Waals surface area (Å²) in [6.07, 6.45) is 3.07. The van der Waals surface area contributed by atoms with Crippen molar-refractivity contribution in [3.8, 4) is 5.75 Å². The highest BCUT2D eigenvalue weighted by molar-refractivity contribution is 7.99. The number of benzene rings is 1. The molecule has 1 atom stereocenters. The summed E-state index contributed by atoms with van der Waals surface area (Å²) in [6, 6.07) is 7.11. The van der Waals surface area contributed by atoms with Gasteiger partial charge in [-0.15, -0.1) is 0 Å². The molecule has 2 rings (SSSR count). The van der Waals surface area contributed by atoms with Gasteiger partial charge in [0.05, 0.1) is 6.10 Å². The molecule has 0 fully saturated rings. The smallest absolute Gasteiger partial charge is 0.167 e. The Morgan fingerprint density at radius 2 is 2.16 bits per heavy atom. The maximum Gasteiger partial charge on any atom is 0.167 e. The number of hydrogen-bond acceptors (Lipinski definition) is 5. The number of thioether (sulfide) groups is 1. The topological polar surface area (TPSA) is 73.3 Å². The van der Waals surface area contributed by atoms with Gasteiger partial charge in [0.2, 0.25) is 0 Å². The van der Waals surface area contributed by atoms with E-state index in [2.05, 4.69) is 4.98 Å². The first kappa shape index (κ1) is 13.8. The number of ether oxygens (including phenoxy) is 1. The standard InChI is InChI=1S/C13H17N3O2S/c1-16-7-6-15-13(16)19-9-11(17)8-18-12-4-2-10(14)3-5-12/h2-7,11,17H,8-9,14H2,1H3. The van der Waals surface area contributed by atoms with Gasteiger partial charge in [0.25, 0.3) is 0 Å². The van der Waals surface area contributed by atoms with E-state index in [-0.39, 0.29) is 6.61 Å². The maximum absolute atomic E-state index is 9.85. The Kier molecular flexibility index (Phi) is 4.70. The minimum absolute atomic E-state index is 0.251. The number of nitrogen functional groups attached to an aromatic ring is 1. The number of nitrogens with zero attached hydrogens (tertiary/aromatic N) is 2. The molecule has 1 unspecified atom stereocenters. The summed E-state index contributed by atoms with van der Waals surface area (Å²) in [5, 5.41) is 10.7. The monoisotopic (exact) mass is 279 g/mol. The lowest BCUT2D eigenvalue weighted by Gasteiger charge is -2.12. The van der Waals surface area contributed by atoms with Crippen molar-refractivity contribution in [3.63, 3.8) is 0 Å². The van der Waals surface area contributed by atoms with E-state index >= 15 is 0 Å². The SMILES string of the molecule is Cn1ccnc1SCC(O)COc1ccc(N)cc1. The van der Waals surface area contributed by atoms with E-state index in [1.165, 1.54) is 11.8 Å². The first-order chi connectivity index (χ1) is 9.15. The largest absolute Gasteiger partial charge is 0.491 e. The minimum Gasteiger partial charge on any atom is -0.491 e. The summed E-state index contributed by atoms with van der Waals surface area (Å²) in [4.78, 5) is 4.18. The van der Waals surface area contributed by atoms with Crippen molar-refractivity contribution in [1.29, 1.82) is 0 Å². The van der Waals surface area contributed by atoms with Gasteiger partial charge in [-0.1, -0.05) is 11.8 Å². The number of rotatable bonds is 6. The predicted octanol–water partition coefficient (Wildman–Crippen LogP) is 1.53. The quantitative estimate of drug-likeness (QED) is 0.620. The van der Waals surface area contributed by atoms with Gasteiger partial charge < -0.3 is 20.1 Å². The number of aromatic nitrogens is 2. The van der Waals surface area contributed by atoms with Crippen molar-refractivity contribution >= 4 is 17.4 Å². The highest BCUT2D eigenvalue weighted by Gasteiger charge is 2.08. The highest BCUT2D eigenvalue weighted by atomic mass is 32.2. The van der Waals surface area contributed by atoms with Crippen LogP contribution >= 0.6 is 11.8 Å². The number of aryl methyl sites for hydroxylation is 1. The van der Waals surface area contributed by atoms with E-state index in [1.54, 1.807) is 30.5 Å². The molecule has 0 saturated heterocycles. The summed E-state index contributed by atoms with van der Waals surface area (Å²) < 4.78 is 7.39. The Balaban J connectivity index is 1.74. The maximum atomic E-state index is 9.85. The van der Waals surface area contributed by atoms with Crippen molar-refractivity contribution in [1.82, 2.24) is 9.55 Å². The Bertz CT molecular complexity index is 513. The second-order valence-corrected chi connectivity index (χ2v) is 5.15. The molecule has 0 aliphatic heterocycles. The zero-order chi connectivity index (χ0) is 13.7. The third-order valence-corrected chi connectivity index (χ3v) is 3.71. The van der Waals surface area contributed by atoms with Gasteiger partial charge >= 0.3 is 0 Å². The summed E-state index contributed by atoms with van der Waals surface area (Å²) in [5.41, 5.74) is 6.27. The normalized spacial score (nSPS) is 12.3. The average Bonchev–Trinajstić information content (AvgIpc) is 2.81. The fraction of sp³-hybridized carbons (Fsp3) is 0.308. The molecule has 2 aromatic rings. The van der Waals surface area contributed by atoms with Crippen LogP contribution in [0.15, 0.2) is 41.8 Å². The van der Waals surface area contributed by atoms with Crippen molar-refractivity contribution in [2.45, 2.75) is 11.3 Å². The summed E-state index contributed by atoms with van der Waals surface area (Å²) in [6.45, 7) is 0.251. The van der Waals surface area contributed by atoms with Crippen LogP contribution in [-0.2, 0) is 7.05 Å². The van der Waals surface area contributed by atoms with E-state index in [4.69, 9.17) is 10.5 Å². The number of anilines is 1. The summed E-state index contributed by atoms with van der Waals surface area (Å²) in [5.74, 6) is 1.25. The molecule has 102 valence electrons. The third kappa shape index (κ3) is 4.18. The molecule has 6 heteroatoms. The van der Waals surface area contributed by atoms with E-state index in [0.717, 1.165) is 5.16 Å². The third-order valence-electron chi connectivity index (χ3n) is 2.50. The predicted molar refractivity (Wildman–Crippen MR) is 76.3 cm³/mol. The fourth-order valence-corrected chi connectivity index (χ4v) is 2.30. The second-order valence-electron chi connectivity index (χ2n) is 4.17. The molecule has 3 N–H and O–H groups in total. The van der Waals surface area contributed by atoms with Crippen LogP contribution in [0.1, 0.15) is 0 Å². The van der Waals surface area contributed by atoms with Crippen LogP contribution in [0.25, 0.3) is 0 Å². The molecule has 1 aromatic carbocycles. The summed E-state index contributed by atoms with van der Waals surface area (Å²) in [7, 11) is 1.92. The average molecular weight is 279 g/mol. The van der Waals surface area contributed by atoms with E-state index < -0.39 is 6.10 Å². The van der Waals surface area contributed by atoms with Crippen LogP contribution in [-0.4, -0.2) is 33.1 Å². The zero-order valence-electron chi connectivity index (χ0n) is 10.7. The van der Waals surface area contributed by atoms with E-state index in [1.807, 2.05) is 17.8 Å². The van der Waals surface area contributed by atoms with Crippen molar-refractivity contribution in [3.05, 3.63) is 36.7 Å². The van der Waals surface area contributed by atoms with Gasteiger partial charge in [0, 0.05) is 30.9 Å². The first-order valence-electron chi connectivity index (χ1n) is 5.91. The lowest BCUT2D eigenvalue weighted by atomic mass is 10.3. The van der Waals surface area contributed by atoms with Gasteiger partial charge in [-0.05, 0) is 24.3 Å². The second kappa shape index (κ2) is 6.49. The molecule has 0 saturated carbocycles. The Hall–Kier alpha value is -1.66. The van der Waals surface area contributed by atoms with Gasteiger partial charge in [0.1, 0.15) is 12.4 Å². The molecule has 19 heavy (non-hydrogen) atoms. The molecule has 0 aliphatic carbocycles. The van der Waals surface area contributed by atoms with Crippen LogP contribution in [0.5, 0.6) is 5.75 Å². The van der Waals surface area contributed by atoms with Gasteiger partial charge in [-0.2, -0.15) is 0 Å². The molecule has 1 heterocycles. The van der Waals surface area contributed by atoms with Gasteiger partial charge in [-0.25, -0.2) is 4.98 Å². The Morgan fingerprint density at radius 1 is 1.42 bits per heavy atom. The minimum atomic E-state index is -0.542. The number of hydrogen-bond donors (Lipinski definition) is 2. The highest BCUT2D eigenvalue weighted by Crippen LogP contribution is 2.17. The van der Waals surface area contributed by atoms with Gasteiger partial charge in [-0.3, -0.25) is 0 Å². The number of imidazole rings is 1. The number of aliphatic hydroxyl groups excluding tert-OH is 1. The molecule has 0 radical (unpaired) electrons. The molecule has 5 nitrogen and oxygen atoms in total. The molecule has 0 bridgehead atoms. The molecule has 0 spiro atoms. The Morgan fingerprint density at radius 3 is 2.79 bits per heavy atom. The van der Waals surface area contributed by atoms with Crippen LogP contribution in [0, 0.1) is 0 Å². The van der Waals surface area contributed by atoms with Crippen molar-refractivity contribution in [2.75, 3.05) is 18.1 Å². The van der Waals surface area contributed by atoms with Crippen LogP contribution in [0.2, 0.25) is 0 Å². The molecule has 0 aliphatic rings. The van der Waals surface area contributed by atoms with Crippen LogP contribution < -0.4 is 10.5 Å². The number of aliphatic hydroxyl groups is 1. The molecule has 0 amide bonds. The lowest BCUT2D eigenvalue weighted by Crippen LogP contribution is -2.20. The first-order valence-corrected chi connectivity index (χ1v) is 6.90. The molecular formula is C13H17N3O2S. The lowest BCUT2D eigenvalue weighted by molar-refractivity contribution is 0.126. The fourth-order valence-electron chi connectivity index (χ4n) is 1.47. The molecular weight excluding hydrogens is 262 g/mol. The molecule has 1 aromatic heterocycles. The van der Waals surface area contributed by atoms with E-state index in [0.29, 0.717) is 17.2 Å². The summed E-state index contributed by atoms with van der Waals surface area (Å²) >= 11 is 1.50. The Labute approximate surface area is 116 Å².